The van der Waals surface area contributed by atoms with Crippen molar-refractivity contribution in [3.8, 4) is 11.5 Å². The summed E-state index contributed by atoms with van der Waals surface area (Å²) in [6, 6.07) is 24.1. The molecule has 4 aromatic rings. The van der Waals surface area contributed by atoms with Gasteiger partial charge in [-0.3, -0.25) is 13.9 Å². The highest BCUT2D eigenvalue weighted by molar-refractivity contribution is 7.92. The van der Waals surface area contributed by atoms with E-state index in [0.717, 1.165) is 15.4 Å². The van der Waals surface area contributed by atoms with Crippen LogP contribution in [0.1, 0.15) is 23.6 Å². The van der Waals surface area contributed by atoms with Crippen molar-refractivity contribution in [3.05, 3.63) is 118 Å². The molecule has 0 aliphatic heterocycles. The second kappa shape index (κ2) is 16.0. The van der Waals surface area contributed by atoms with Gasteiger partial charge in [0.2, 0.25) is 11.8 Å². The first-order chi connectivity index (χ1) is 22.5. The van der Waals surface area contributed by atoms with Crippen LogP contribution in [0.2, 0.25) is 10.0 Å². The van der Waals surface area contributed by atoms with Gasteiger partial charge in [-0.2, -0.15) is 0 Å². The monoisotopic (exact) mass is 697 g/mol. The third-order valence-corrected chi connectivity index (χ3v) is 10.0. The van der Waals surface area contributed by atoms with E-state index in [-0.39, 0.29) is 29.3 Å². The van der Waals surface area contributed by atoms with Crippen molar-refractivity contribution in [2.45, 2.75) is 37.8 Å². The molecule has 0 saturated heterocycles. The van der Waals surface area contributed by atoms with Crippen molar-refractivity contribution in [3.63, 3.8) is 0 Å². The molecular formula is C35H37Cl2N3O6S. The quantitative estimate of drug-likeness (QED) is 0.166. The van der Waals surface area contributed by atoms with Gasteiger partial charge >= 0.3 is 0 Å². The summed E-state index contributed by atoms with van der Waals surface area (Å²) in [6.45, 7) is 3.08. The number of halogens is 2. The summed E-state index contributed by atoms with van der Waals surface area (Å²) in [6.07, 6.45) is 0.147. The Morgan fingerprint density at radius 3 is 2.13 bits per heavy atom. The molecular weight excluding hydrogens is 661 g/mol. The normalized spacial score (nSPS) is 11.8. The predicted molar refractivity (Wildman–Crippen MR) is 185 cm³/mol. The Balaban J connectivity index is 1.89. The minimum absolute atomic E-state index is 0.0361. The molecule has 12 heteroatoms. The average molecular weight is 699 g/mol. The molecule has 0 aromatic heterocycles. The number of hydrogen-bond donors (Lipinski definition) is 1. The van der Waals surface area contributed by atoms with E-state index in [1.807, 2.05) is 37.3 Å². The second-order valence-electron chi connectivity index (χ2n) is 10.7. The fraction of sp³-hybridized carbons (Fsp3) is 0.257. The molecule has 1 N–H and O–H groups in total. The molecule has 0 saturated carbocycles. The maximum Gasteiger partial charge on any atom is 0.264 e. The highest BCUT2D eigenvalue weighted by Crippen LogP contribution is 2.36. The minimum Gasteiger partial charge on any atom is -0.497 e. The van der Waals surface area contributed by atoms with Crippen LogP contribution in [0, 0.1) is 6.92 Å². The first-order valence-corrected chi connectivity index (χ1v) is 17.0. The van der Waals surface area contributed by atoms with Gasteiger partial charge in [0.05, 0.1) is 24.8 Å². The van der Waals surface area contributed by atoms with Crippen LogP contribution in [-0.2, 0) is 32.6 Å². The number of nitrogens with one attached hydrogen (secondary N) is 1. The summed E-state index contributed by atoms with van der Waals surface area (Å²) >= 11 is 13.1. The number of sulfonamides is 1. The van der Waals surface area contributed by atoms with Crippen LogP contribution >= 0.6 is 23.2 Å². The zero-order chi connectivity index (χ0) is 34.1. The molecule has 0 spiro atoms. The molecule has 47 heavy (non-hydrogen) atoms. The van der Waals surface area contributed by atoms with Crippen molar-refractivity contribution in [1.82, 2.24) is 10.2 Å². The number of nitrogens with zero attached hydrogens (tertiary/aromatic N) is 2. The van der Waals surface area contributed by atoms with Gasteiger partial charge in [0.1, 0.15) is 24.1 Å². The topological polar surface area (TPSA) is 105 Å². The van der Waals surface area contributed by atoms with E-state index in [1.165, 1.54) is 37.3 Å². The number of ether oxygens (including phenoxy) is 2. The lowest BCUT2D eigenvalue weighted by Gasteiger charge is -2.34. The second-order valence-corrected chi connectivity index (χ2v) is 13.4. The summed E-state index contributed by atoms with van der Waals surface area (Å²) in [5, 5.41) is 3.42. The van der Waals surface area contributed by atoms with Gasteiger partial charge in [-0.1, -0.05) is 77.3 Å². The van der Waals surface area contributed by atoms with Gasteiger partial charge in [0, 0.05) is 41.2 Å². The van der Waals surface area contributed by atoms with Crippen LogP contribution in [0.5, 0.6) is 11.5 Å². The highest BCUT2D eigenvalue weighted by Gasteiger charge is 2.36. The van der Waals surface area contributed by atoms with E-state index < -0.39 is 34.4 Å². The first kappa shape index (κ1) is 35.6. The first-order valence-electron chi connectivity index (χ1n) is 14.9. The van der Waals surface area contributed by atoms with E-state index in [1.54, 1.807) is 49.4 Å². The van der Waals surface area contributed by atoms with Crippen LogP contribution in [0.4, 0.5) is 5.69 Å². The Hall–Kier alpha value is -4.25. The van der Waals surface area contributed by atoms with Crippen molar-refractivity contribution in [2.24, 2.45) is 0 Å². The number of likely N-dealkylation sites (N-methyl/N-ethyl adjacent to an activating group) is 1. The Morgan fingerprint density at radius 2 is 1.53 bits per heavy atom. The number of rotatable bonds is 14. The summed E-state index contributed by atoms with van der Waals surface area (Å²) in [4.78, 5) is 29.7. The zero-order valence-corrected chi connectivity index (χ0v) is 28.9. The van der Waals surface area contributed by atoms with E-state index in [0.29, 0.717) is 27.9 Å². The van der Waals surface area contributed by atoms with Gasteiger partial charge in [-0.15, -0.1) is 0 Å². The number of carbonyl (C=O) groups is 2. The van der Waals surface area contributed by atoms with E-state index in [9.17, 15) is 18.0 Å². The van der Waals surface area contributed by atoms with Crippen molar-refractivity contribution in [2.75, 3.05) is 31.6 Å². The van der Waals surface area contributed by atoms with Crippen LogP contribution < -0.4 is 19.1 Å². The van der Waals surface area contributed by atoms with Gasteiger partial charge in [-0.25, -0.2) is 8.42 Å². The zero-order valence-electron chi connectivity index (χ0n) is 26.6. The summed E-state index contributed by atoms with van der Waals surface area (Å²) in [5.41, 5.74) is 2.15. The number of carbonyl (C=O) groups excluding carboxylic acids is 2. The minimum atomic E-state index is -4.36. The van der Waals surface area contributed by atoms with Gasteiger partial charge in [-0.05, 0) is 55.8 Å². The Labute approximate surface area is 286 Å². The molecule has 0 heterocycles. The molecule has 1 atom stereocenters. The smallest absolute Gasteiger partial charge is 0.264 e. The fourth-order valence-corrected chi connectivity index (χ4v) is 6.98. The molecule has 0 radical (unpaired) electrons. The Bertz CT molecular complexity index is 1780. The van der Waals surface area contributed by atoms with E-state index in [2.05, 4.69) is 5.32 Å². The maximum absolute atomic E-state index is 14.7. The maximum atomic E-state index is 14.7. The van der Waals surface area contributed by atoms with Crippen molar-refractivity contribution >= 4 is 50.7 Å². The molecule has 0 aliphatic rings. The number of amides is 2. The molecule has 0 unspecified atom stereocenters. The number of anilines is 1. The summed E-state index contributed by atoms with van der Waals surface area (Å²) in [5.74, 6) is -0.547. The Kier molecular flexibility index (Phi) is 12.1. The molecule has 0 fully saturated rings. The molecule has 9 nitrogen and oxygen atoms in total. The van der Waals surface area contributed by atoms with Crippen LogP contribution in [0.25, 0.3) is 0 Å². The predicted octanol–water partition coefficient (Wildman–Crippen LogP) is 6.29. The lowest BCUT2D eigenvalue weighted by molar-refractivity contribution is -0.140. The van der Waals surface area contributed by atoms with E-state index >= 15 is 0 Å². The van der Waals surface area contributed by atoms with E-state index in [4.69, 9.17) is 32.7 Å². The number of methoxy groups -OCH3 is 2. The summed E-state index contributed by atoms with van der Waals surface area (Å²) in [7, 11) is -1.51. The SMILES string of the molecule is CCNC(=O)[C@H](Cc1ccccc1)N(Cc1c(Cl)cccc1Cl)C(=O)CN(c1cc(OC)ccc1OC)S(=O)(=O)c1ccc(C)cc1. The molecule has 0 aliphatic carbocycles. The molecule has 4 aromatic carbocycles. The lowest BCUT2D eigenvalue weighted by atomic mass is 10.0. The largest absolute Gasteiger partial charge is 0.497 e. The van der Waals surface area contributed by atoms with Crippen molar-refractivity contribution in [1.29, 1.82) is 0 Å². The number of benzene rings is 4. The third kappa shape index (κ3) is 8.57. The molecule has 2 amide bonds. The van der Waals surface area contributed by atoms with Gasteiger partial charge < -0.3 is 19.7 Å². The molecule has 248 valence electrons. The van der Waals surface area contributed by atoms with Gasteiger partial charge in [0.15, 0.2) is 0 Å². The lowest BCUT2D eigenvalue weighted by Crippen LogP contribution is -2.53. The third-order valence-electron chi connectivity index (χ3n) is 7.55. The standard InChI is InChI=1S/C35H37Cl2N3O6S/c1-5-38-35(42)32(20-25-10-7-6-8-11-25)39(22-28-29(36)12-9-13-30(28)37)34(41)23-40(31-21-26(45-3)16-19-33(31)46-4)47(43,44)27-17-14-24(2)15-18-27/h6-19,21,32H,5,20,22-23H2,1-4H3,(H,38,42)/t32-/m0/s1. The highest BCUT2D eigenvalue weighted by atomic mass is 35.5. The van der Waals surface area contributed by atoms with Crippen LogP contribution in [0.3, 0.4) is 0 Å². The Morgan fingerprint density at radius 1 is 0.872 bits per heavy atom. The van der Waals surface area contributed by atoms with Crippen molar-refractivity contribution < 1.29 is 27.5 Å². The average Bonchev–Trinajstić information content (AvgIpc) is 3.06. The van der Waals surface area contributed by atoms with Crippen LogP contribution in [0.15, 0.2) is 95.9 Å². The summed E-state index contributed by atoms with van der Waals surface area (Å²) < 4.78 is 40.7. The fourth-order valence-electron chi connectivity index (χ4n) is 5.04. The van der Waals surface area contributed by atoms with Gasteiger partial charge in [0.25, 0.3) is 10.0 Å². The molecule has 4 rings (SSSR count). The van der Waals surface area contributed by atoms with Crippen LogP contribution in [-0.4, -0.2) is 58.5 Å². The number of hydrogen-bond acceptors (Lipinski definition) is 6. The molecule has 0 bridgehead atoms. The number of aryl methyl sites for hydroxylation is 1.